The zero-order valence-electron chi connectivity index (χ0n) is 18.8. The second kappa shape index (κ2) is 10.7. The fourth-order valence-electron chi connectivity index (χ4n) is 3.75. The Labute approximate surface area is 188 Å². The standard InChI is InChI=1S/C24H30N8/c1-3-5-7-10-21-26-22(32(29-21)16-6-4-2)17-18-11-13-19(14-12-18)20-9-8-15-25-23(20)24-27-30-31-28-24/h8-9,11-15H,3-7,10,16-17H2,1-2H3,(H,27,28,30,31). The van der Waals surface area contributed by atoms with Gasteiger partial charge in [-0.25, -0.2) is 14.8 Å². The minimum absolute atomic E-state index is 0.560. The highest BCUT2D eigenvalue weighted by atomic mass is 15.5. The molecule has 4 rings (SSSR count). The average Bonchev–Trinajstić information content (AvgIpc) is 3.49. The van der Waals surface area contributed by atoms with Gasteiger partial charge in [0.2, 0.25) is 0 Å². The number of nitrogens with one attached hydrogen (secondary N) is 1. The van der Waals surface area contributed by atoms with E-state index in [2.05, 4.69) is 68.4 Å². The molecule has 0 saturated heterocycles. The molecule has 0 fully saturated rings. The van der Waals surface area contributed by atoms with Gasteiger partial charge >= 0.3 is 0 Å². The Bertz CT molecular complexity index is 1100. The second-order valence-corrected chi connectivity index (χ2v) is 8.00. The first kappa shape index (κ1) is 21.8. The highest BCUT2D eigenvalue weighted by Crippen LogP contribution is 2.28. The molecule has 0 bridgehead atoms. The molecule has 8 heteroatoms. The molecule has 0 aliphatic carbocycles. The van der Waals surface area contributed by atoms with Gasteiger partial charge in [-0.05, 0) is 40.5 Å². The summed E-state index contributed by atoms with van der Waals surface area (Å²) in [5.74, 6) is 2.58. The fourth-order valence-corrected chi connectivity index (χ4v) is 3.75. The van der Waals surface area contributed by atoms with Gasteiger partial charge in [-0.15, -0.1) is 5.10 Å². The quantitative estimate of drug-likeness (QED) is 0.348. The number of aromatic nitrogens is 8. The van der Waals surface area contributed by atoms with E-state index in [1.165, 1.54) is 18.4 Å². The molecule has 4 aromatic rings. The maximum Gasteiger partial charge on any atom is 0.198 e. The van der Waals surface area contributed by atoms with Gasteiger partial charge in [-0.1, -0.05) is 63.4 Å². The van der Waals surface area contributed by atoms with Crippen molar-refractivity contribution >= 4 is 0 Å². The van der Waals surface area contributed by atoms with Gasteiger partial charge < -0.3 is 0 Å². The first-order chi connectivity index (χ1) is 15.8. The predicted molar refractivity (Wildman–Crippen MR) is 124 cm³/mol. The summed E-state index contributed by atoms with van der Waals surface area (Å²) >= 11 is 0. The van der Waals surface area contributed by atoms with Gasteiger partial charge in [-0.3, -0.25) is 4.98 Å². The molecule has 0 aliphatic rings. The van der Waals surface area contributed by atoms with Gasteiger partial charge in [0.05, 0.1) is 0 Å². The van der Waals surface area contributed by atoms with Crippen molar-refractivity contribution in [2.75, 3.05) is 0 Å². The van der Waals surface area contributed by atoms with Gasteiger partial charge in [0.15, 0.2) is 11.6 Å². The van der Waals surface area contributed by atoms with E-state index < -0.39 is 0 Å². The zero-order chi connectivity index (χ0) is 22.2. The smallest absolute Gasteiger partial charge is 0.198 e. The largest absolute Gasteiger partial charge is 0.252 e. The van der Waals surface area contributed by atoms with Crippen molar-refractivity contribution in [3.63, 3.8) is 0 Å². The van der Waals surface area contributed by atoms with Crippen LogP contribution in [0.25, 0.3) is 22.6 Å². The lowest BCUT2D eigenvalue weighted by atomic mass is 10.0. The molecular weight excluding hydrogens is 400 g/mol. The molecule has 3 aromatic heterocycles. The summed E-state index contributed by atoms with van der Waals surface area (Å²) in [5.41, 5.74) is 4.01. The third kappa shape index (κ3) is 5.25. The van der Waals surface area contributed by atoms with Crippen LogP contribution in [0.15, 0.2) is 42.6 Å². The molecule has 8 nitrogen and oxygen atoms in total. The molecule has 0 radical (unpaired) electrons. The van der Waals surface area contributed by atoms with Crippen molar-refractivity contribution in [3.8, 4) is 22.6 Å². The topological polar surface area (TPSA) is 98.1 Å². The Morgan fingerprint density at radius 1 is 0.969 bits per heavy atom. The minimum atomic E-state index is 0.560. The summed E-state index contributed by atoms with van der Waals surface area (Å²) in [4.78, 5) is 9.34. The number of rotatable bonds is 11. The zero-order valence-corrected chi connectivity index (χ0v) is 18.8. The molecule has 3 heterocycles. The number of pyridine rings is 1. The number of nitrogens with zero attached hydrogens (tertiary/aromatic N) is 7. The Kier molecular flexibility index (Phi) is 7.32. The average molecular weight is 431 g/mol. The number of H-pyrrole nitrogens is 1. The highest BCUT2D eigenvalue weighted by molar-refractivity contribution is 5.77. The molecule has 0 saturated carbocycles. The first-order valence-electron chi connectivity index (χ1n) is 11.5. The summed E-state index contributed by atoms with van der Waals surface area (Å²) in [5, 5.41) is 19.0. The van der Waals surface area contributed by atoms with E-state index in [-0.39, 0.29) is 0 Å². The SMILES string of the molecule is CCCCCc1nc(Cc2ccc(-c3cccnc3-c3nnn[nH]3)cc2)n(CCCC)n1. The number of hydrogen-bond donors (Lipinski definition) is 1. The molecule has 0 aliphatic heterocycles. The number of aryl methyl sites for hydroxylation is 2. The molecule has 0 spiro atoms. The Morgan fingerprint density at radius 3 is 2.56 bits per heavy atom. The van der Waals surface area contributed by atoms with Gasteiger partial charge in [0, 0.05) is 31.1 Å². The van der Waals surface area contributed by atoms with Crippen LogP contribution >= 0.6 is 0 Å². The lowest BCUT2D eigenvalue weighted by Gasteiger charge is -2.08. The maximum atomic E-state index is 4.87. The maximum absolute atomic E-state index is 4.87. The van der Waals surface area contributed by atoms with Crippen LogP contribution in [-0.4, -0.2) is 40.4 Å². The summed E-state index contributed by atoms with van der Waals surface area (Å²) in [6.45, 7) is 5.35. The molecule has 166 valence electrons. The summed E-state index contributed by atoms with van der Waals surface area (Å²) in [6, 6.07) is 12.5. The fraction of sp³-hybridized carbons (Fsp3) is 0.417. The van der Waals surface area contributed by atoms with E-state index >= 15 is 0 Å². The number of benzene rings is 1. The van der Waals surface area contributed by atoms with E-state index in [1.54, 1.807) is 6.20 Å². The van der Waals surface area contributed by atoms with Crippen molar-refractivity contribution in [1.82, 2.24) is 40.4 Å². The second-order valence-electron chi connectivity index (χ2n) is 8.00. The monoisotopic (exact) mass is 430 g/mol. The molecule has 0 amide bonds. The van der Waals surface area contributed by atoms with Crippen molar-refractivity contribution in [1.29, 1.82) is 0 Å². The molecule has 32 heavy (non-hydrogen) atoms. The molecule has 0 unspecified atom stereocenters. The van der Waals surface area contributed by atoms with E-state index in [0.717, 1.165) is 67.1 Å². The van der Waals surface area contributed by atoms with Crippen LogP contribution in [0.5, 0.6) is 0 Å². The van der Waals surface area contributed by atoms with Crippen molar-refractivity contribution in [2.45, 2.75) is 65.3 Å². The molecule has 1 aromatic carbocycles. The summed E-state index contributed by atoms with van der Waals surface area (Å²) < 4.78 is 2.11. The van der Waals surface area contributed by atoms with Gasteiger partial charge in [0.1, 0.15) is 11.5 Å². The summed E-state index contributed by atoms with van der Waals surface area (Å²) in [7, 11) is 0. The van der Waals surface area contributed by atoms with Crippen molar-refractivity contribution < 1.29 is 0 Å². The van der Waals surface area contributed by atoms with E-state index in [4.69, 9.17) is 10.1 Å². The van der Waals surface area contributed by atoms with Crippen LogP contribution in [-0.2, 0) is 19.4 Å². The third-order valence-corrected chi connectivity index (χ3v) is 5.52. The third-order valence-electron chi connectivity index (χ3n) is 5.52. The van der Waals surface area contributed by atoms with Crippen molar-refractivity contribution in [3.05, 3.63) is 59.8 Å². The van der Waals surface area contributed by atoms with E-state index in [0.29, 0.717) is 5.82 Å². The normalized spacial score (nSPS) is 11.2. The van der Waals surface area contributed by atoms with Gasteiger partial charge in [0.25, 0.3) is 0 Å². The predicted octanol–water partition coefficient (Wildman–Crippen LogP) is 4.64. The van der Waals surface area contributed by atoms with E-state index in [1.807, 2.05) is 12.1 Å². The van der Waals surface area contributed by atoms with Crippen molar-refractivity contribution in [2.24, 2.45) is 0 Å². The molecule has 0 atom stereocenters. The number of tetrazole rings is 1. The minimum Gasteiger partial charge on any atom is -0.252 e. The lowest BCUT2D eigenvalue weighted by Crippen LogP contribution is -2.06. The number of hydrogen-bond acceptors (Lipinski definition) is 6. The van der Waals surface area contributed by atoms with E-state index in [9.17, 15) is 0 Å². The van der Waals surface area contributed by atoms with Crippen LogP contribution in [0.2, 0.25) is 0 Å². The lowest BCUT2D eigenvalue weighted by molar-refractivity contribution is 0.544. The number of aromatic amines is 1. The number of unbranched alkanes of at least 4 members (excludes halogenated alkanes) is 3. The van der Waals surface area contributed by atoms with Crippen LogP contribution in [0.1, 0.15) is 63.2 Å². The Morgan fingerprint density at radius 2 is 1.81 bits per heavy atom. The van der Waals surface area contributed by atoms with Crippen LogP contribution < -0.4 is 0 Å². The molecule has 1 N–H and O–H groups in total. The Balaban J connectivity index is 1.53. The molecular formula is C24H30N8. The highest BCUT2D eigenvalue weighted by Gasteiger charge is 2.13. The van der Waals surface area contributed by atoms with Crippen LogP contribution in [0.4, 0.5) is 0 Å². The Hall–Kier alpha value is -3.42. The van der Waals surface area contributed by atoms with Crippen LogP contribution in [0, 0.1) is 0 Å². The van der Waals surface area contributed by atoms with Crippen LogP contribution in [0.3, 0.4) is 0 Å². The first-order valence-corrected chi connectivity index (χ1v) is 11.5. The summed E-state index contributed by atoms with van der Waals surface area (Å²) in [6.07, 6.45) is 9.32. The van der Waals surface area contributed by atoms with Gasteiger partial charge in [-0.2, -0.15) is 5.10 Å².